The molecule has 0 aromatic heterocycles. The van der Waals surface area contributed by atoms with Crippen molar-refractivity contribution in [3.05, 3.63) is 239 Å². The zero-order chi connectivity index (χ0) is 33.3. The minimum absolute atomic E-state index is 0.449. The summed E-state index contributed by atoms with van der Waals surface area (Å²) < 4.78 is 0. The summed E-state index contributed by atoms with van der Waals surface area (Å²) in [5.41, 5.74) is 21.6. The number of rotatable bonds is 7. The minimum Gasteiger partial charge on any atom is -0.310 e. The summed E-state index contributed by atoms with van der Waals surface area (Å²) in [5.74, 6) is 0. The summed E-state index contributed by atoms with van der Waals surface area (Å²) in [4.78, 5) is 2.33. The van der Waals surface area contributed by atoms with E-state index in [4.69, 9.17) is 0 Å². The third-order valence-corrected chi connectivity index (χ3v) is 10.0. The lowest BCUT2D eigenvalue weighted by Crippen LogP contribution is -2.29. The maximum atomic E-state index is 3.28. The van der Waals surface area contributed by atoms with Crippen molar-refractivity contribution in [2.45, 2.75) is 5.41 Å². The van der Waals surface area contributed by atoms with Crippen LogP contribution >= 0.6 is 0 Å². The lowest BCUT2D eigenvalue weighted by molar-refractivity contribution is 0.761. The van der Waals surface area contributed by atoms with Crippen LogP contribution in [0.15, 0.2) is 217 Å². The van der Waals surface area contributed by atoms with E-state index in [1.165, 1.54) is 55.7 Å². The Morgan fingerprint density at radius 2 is 0.900 bits per heavy atom. The number of hydrogen-bond donors (Lipinski definition) is 0. The van der Waals surface area contributed by atoms with Gasteiger partial charge in [-0.3, -0.25) is 0 Å². The smallest absolute Gasteiger partial charge is 0.0720 e. The molecule has 0 fully saturated rings. The number of fused-ring (bicyclic) bond motifs is 2. The molecule has 0 saturated heterocycles. The molecule has 0 bridgehead atoms. The van der Waals surface area contributed by atoms with Gasteiger partial charge >= 0.3 is 0 Å². The summed E-state index contributed by atoms with van der Waals surface area (Å²) in [6.07, 6.45) is 4.22. The van der Waals surface area contributed by atoms with E-state index < -0.39 is 5.41 Å². The Hall–Kier alpha value is -6.62. The van der Waals surface area contributed by atoms with Gasteiger partial charge in [-0.15, -0.1) is 0 Å². The minimum atomic E-state index is -0.449. The predicted octanol–water partition coefficient (Wildman–Crippen LogP) is 12.5. The van der Waals surface area contributed by atoms with Crippen molar-refractivity contribution in [3.63, 3.8) is 0 Å². The van der Waals surface area contributed by atoms with Gasteiger partial charge in [0.05, 0.1) is 5.41 Å². The standard InChI is InChI=1S/C49H33N/c1-4-15-36(16-5-1)37-29-33-43(34-30-37)50(42-20-8-3-9-21-42)44-22-14-17-39(35-44)38-27-31-41(32-28-38)49(40-18-6-2-7-19-40)47-25-12-10-23-45(47)46-24-11-13-26-48(46)49/h1-10,12,14-35H. The molecule has 2 aliphatic rings. The van der Waals surface area contributed by atoms with Crippen molar-refractivity contribution in [1.82, 2.24) is 0 Å². The molecule has 234 valence electrons. The molecule has 0 radical (unpaired) electrons. The van der Waals surface area contributed by atoms with Crippen molar-refractivity contribution >= 4 is 22.6 Å². The highest BCUT2D eigenvalue weighted by molar-refractivity contribution is 5.92. The Bertz CT molecular complexity index is 2460. The zero-order valence-corrected chi connectivity index (χ0v) is 27.5. The van der Waals surface area contributed by atoms with Crippen molar-refractivity contribution < 1.29 is 0 Å². The number of benzene rings is 7. The van der Waals surface area contributed by atoms with Crippen LogP contribution in [-0.4, -0.2) is 0 Å². The summed E-state index contributed by atoms with van der Waals surface area (Å²) in [7, 11) is 0. The second-order valence-electron chi connectivity index (χ2n) is 12.8. The van der Waals surface area contributed by atoms with Gasteiger partial charge in [0, 0.05) is 17.1 Å². The van der Waals surface area contributed by atoms with Gasteiger partial charge in [-0.2, -0.15) is 0 Å². The molecule has 0 heterocycles. The van der Waals surface area contributed by atoms with Crippen molar-refractivity contribution in [2.75, 3.05) is 4.90 Å². The van der Waals surface area contributed by atoms with Gasteiger partial charge in [0.1, 0.15) is 0 Å². The molecule has 0 aliphatic heterocycles. The first-order chi connectivity index (χ1) is 24.8. The van der Waals surface area contributed by atoms with Gasteiger partial charge in [0.25, 0.3) is 0 Å². The van der Waals surface area contributed by atoms with Crippen LogP contribution in [0.4, 0.5) is 17.1 Å². The van der Waals surface area contributed by atoms with Crippen molar-refractivity contribution in [2.24, 2.45) is 0 Å². The van der Waals surface area contributed by atoms with E-state index in [2.05, 4.69) is 217 Å². The van der Waals surface area contributed by atoms with E-state index in [-0.39, 0.29) is 0 Å². The van der Waals surface area contributed by atoms with Crippen LogP contribution in [0.2, 0.25) is 0 Å². The molecule has 1 atom stereocenters. The second-order valence-corrected chi connectivity index (χ2v) is 12.8. The van der Waals surface area contributed by atoms with Gasteiger partial charge < -0.3 is 4.90 Å². The molecule has 0 N–H and O–H groups in total. The Morgan fingerprint density at radius 3 is 1.66 bits per heavy atom. The van der Waals surface area contributed by atoms with Gasteiger partial charge in [-0.1, -0.05) is 163 Å². The molecule has 2 aliphatic carbocycles. The van der Waals surface area contributed by atoms with Crippen LogP contribution in [0.25, 0.3) is 27.8 Å². The molecular formula is C49H33N. The number of anilines is 3. The number of nitrogens with zero attached hydrogens (tertiary/aromatic N) is 1. The maximum absolute atomic E-state index is 3.28. The summed E-state index contributed by atoms with van der Waals surface area (Å²) in [5, 5.41) is 0. The fraction of sp³-hybridized carbons (Fsp3) is 0.0204. The van der Waals surface area contributed by atoms with Gasteiger partial charge in [-0.05, 0) is 104 Å². The SMILES string of the molecule is C1=C=CC2=C(C=1)c1ccccc1C2(c1ccccc1)c1ccc(-c2cccc(N(c3ccccc3)c3ccc(-c4ccccc4)cc3)c2)cc1. The monoisotopic (exact) mass is 635 g/mol. The van der Waals surface area contributed by atoms with Crippen LogP contribution in [-0.2, 0) is 5.41 Å². The van der Waals surface area contributed by atoms with E-state index in [1.54, 1.807) is 0 Å². The second kappa shape index (κ2) is 12.4. The molecule has 0 amide bonds. The van der Waals surface area contributed by atoms with E-state index in [0.717, 1.165) is 17.1 Å². The van der Waals surface area contributed by atoms with E-state index in [0.29, 0.717) is 0 Å². The fourth-order valence-electron chi connectivity index (χ4n) is 7.78. The molecule has 7 aromatic rings. The summed E-state index contributed by atoms with van der Waals surface area (Å²) in [6, 6.07) is 67.7. The zero-order valence-electron chi connectivity index (χ0n) is 27.5. The van der Waals surface area contributed by atoms with Gasteiger partial charge in [0.2, 0.25) is 0 Å². The first kappa shape index (κ1) is 29.5. The Kier molecular flexibility index (Phi) is 7.34. The third kappa shape index (κ3) is 4.90. The average Bonchev–Trinajstić information content (AvgIpc) is 3.51. The molecule has 1 unspecified atom stereocenters. The average molecular weight is 636 g/mol. The largest absolute Gasteiger partial charge is 0.310 e. The molecule has 1 heteroatoms. The van der Waals surface area contributed by atoms with Gasteiger partial charge in [0.15, 0.2) is 0 Å². The molecule has 0 spiro atoms. The molecule has 1 nitrogen and oxygen atoms in total. The van der Waals surface area contributed by atoms with E-state index in [9.17, 15) is 0 Å². The Balaban J connectivity index is 1.12. The lowest BCUT2D eigenvalue weighted by atomic mass is 9.66. The number of hydrogen-bond acceptors (Lipinski definition) is 1. The van der Waals surface area contributed by atoms with Gasteiger partial charge in [-0.25, -0.2) is 0 Å². The van der Waals surface area contributed by atoms with Crippen LogP contribution in [0.3, 0.4) is 0 Å². The first-order valence-electron chi connectivity index (χ1n) is 17.1. The van der Waals surface area contributed by atoms with E-state index in [1.807, 2.05) is 0 Å². The van der Waals surface area contributed by atoms with Crippen LogP contribution < -0.4 is 4.90 Å². The molecule has 7 aromatic carbocycles. The highest BCUT2D eigenvalue weighted by atomic mass is 15.1. The lowest BCUT2D eigenvalue weighted by Gasteiger charge is -2.34. The summed E-state index contributed by atoms with van der Waals surface area (Å²) in [6.45, 7) is 0. The summed E-state index contributed by atoms with van der Waals surface area (Å²) >= 11 is 0. The van der Waals surface area contributed by atoms with Crippen molar-refractivity contribution in [1.29, 1.82) is 0 Å². The highest BCUT2D eigenvalue weighted by Gasteiger charge is 2.46. The maximum Gasteiger partial charge on any atom is 0.0720 e. The van der Waals surface area contributed by atoms with E-state index >= 15 is 0 Å². The third-order valence-electron chi connectivity index (χ3n) is 10.0. The first-order valence-corrected chi connectivity index (χ1v) is 17.1. The van der Waals surface area contributed by atoms with Crippen LogP contribution in [0, 0.1) is 0 Å². The quantitative estimate of drug-likeness (QED) is 0.158. The fourth-order valence-corrected chi connectivity index (χ4v) is 7.78. The van der Waals surface area contributed by atoms with Crippen molar-refractivity contribution in [3.8, 4) is 22.3 Å². The molecular weight excluding hydrogens is 603 g/mol. The van der Waals surface area contributed by atoms with Crippen LogP contribution in [0.5, 0.6) is 0 Å². The molecule has 9 rings (SSSR count). The number of allylic oxidation sites excluding steroid dienone is 4. The topological polar surface area (TPSA) is 3.24 Å². The normalized spacial score (nSPS) is 15.5. The predicted molar refractivity (Wildman–Crippen MR) is 208 cm³/mol. The Labute approximate surface area is 293 Å². The Morgan fingerprint density at radius 1 is 0.380 bits per heavy atom. The van der Waals surface area contributed by atoms with Crippen LogP contribution in [0.1, 0.15) is 22.3 Å². The highest BCUT2D eigenvalue weighted by Crippen LogP contribution is 2.55. The number of para-hydroxylation sites is 1. The molecule has 0 saturated carbocycles. The molecule has 50 heavy (non-hydrogen) atoms.